The Morgan fingerprint density at radius 1 is 1.45 bits per heavy atom. The number of hydrogen-bond donors (Lipinski definition) is 2. The molecule has 1 aromatic heterocycles. The normalized spacial score (nSPS) is 10.2. The zero-order chi connectivity index (χ0) is 14.5. The summed E-state index contributed by atoms with van der Waals surface area (Å²) in [6.45, 7) is 4.17. The van der Waals surface area contributed by atoms with Crippen LogP contribution in [0.15, 0.2) is 24.4 Å². The van der Waals surface area contributed by atoms with Crippen molar-refractivity contribution in [2.75, 3.05) is 17.7 Å². The van der Waals surface area contributed by atoms with Crippen molar-refractivity contribution in [1.82, 2.24) is 4.98 Å². The maximum absolute atomic E-state index is 11.1. The molecule has 0 atom stereocenters. The van der Waals surface area contributed by atoms with Crippen molar-refractivity contribution in [1.29, 1.82) is 0 Å². The van der Waals surface area contributed by atoms with Crippen LogP contribution in [0.1, 0.15) is 16.8 Å². The molecule has 0 radical (unpaired) electrons. The lowest BCUT2D eigenvalue weighted by Crippen LogP contribution is -2.07. The van der Waals surface area contributed by atoms with Crippen LogP contribution in [0.25, 0.3) is 0 Å². The van der Waals surface area contributed by atoms with Gasteiger partial charge in [0.25, 0.3) is 0 Å². The number of ether oxygens (including phenoxy) is 1. The molecule has 1 amide bonds. The summed E-state index contributed by atoms with van der Waals surface area (Å²) in [5.41, 5.74) is 1.60. The number of carbonyl (C=O) groups is 1. The molecular formula is C14H17N3O2S. The molecule has 0 aliphatic carbocycles. The average molecular weight is 291 g/mol. The predicted octanol–water partition coefficient (Wildman–Crippen LogP) is 3.03. The summed E-state index contributed by atoms with van der Waals surface area (Å²) in [4.78, 5) is 16.5. The van der Waals surface area contributed by atoms with Crippen LogP contribution >= 0.6 is 11.3 Å². The second kappa shape index (κ2) is 6.38. The van der Waals surface area contributed by atoms with Gasteiger partial charge in [0.2, 0.25) is 5.91 Å². The lowest BCUT2D eigenvalue weighted by molar-refractivity contribution is -0.114. The Hall–Kier alpha value is -2.08. The van der Waals surface area contributed by atoms with Gasteiger partial charge >= 0.3 is 0 Å². The molecular weight excluding hydrogens is 274 g/mol. The minimum absolute atomic E-state index is 0.121. The largest absolute Gasteiger partial charge is 0.494 e. The van der Waals surface area contributed by atoms with Gasteiger partial charge in [-0.2, -0.15) is 0 Å². The number of aryl methyl sites for hydroxylation is 1. The molecule has 5 nitrogen and oxygen atoms in total. The van der Waals surface area contributed by atoms with Crippen LogP contribution in [0.3, 0.4) is 0 Å². The average Bonchev–Trinajstić information content (AvgIpc) is 2.83. The highest BCUT2D eigenvalue weighted by Crippen LogP contribution is 2.28. The topological polar surface area (TPSA) is 63.2 Å². The minimum Gasteiger partial charge on any atom is -0.494 e. The molecule has 0 unspecified atom stereocenters. The van der Waals surface area contributed by atoms with Crippen molar-refractivity contribution in [3.8, 4) is 5.75 Å². The van der Waals surface area contributed by atoms with Gasteiger partial charge < -0.3 is 15.4 Å². The van der Waals surface area contributed by atoms with E-state index in [1.54, 1.807) is 18.4 Å². The van der Waals surface area contributed by atoms with Gasteiger partial charge in [-0.3, -0.25) is 4.79 Å². The van der Waals surface area contributed by atoms with E-state index >= 15 is 0 Å². The van der Waals surface area contributed by atoms with Crippen LogP contribution in [0.4, 0.5) is 11.4 Å². The predicted molar refractivity (Wildman–Crippen MR) is 81.5 cm³/mol. The Morgan fingerprint density at radius 2 is 2.25 bits per heavy atom. The number of anilines is 2. The first-order chi connectivity index (χ1) is 9.58. The number of aromatic nitrogens is 1. The van der Waals surface area contributed by atoms with Gasteiger partial charge in [0, 0.05) is 29.8 Å². The van der Waals surface area contributed by atoms with Crippen molar-refractivity contribution in [2.45, 2.75) is 20.4 Å². The molecule has 2 N–H and O–H groups in total. The van der Waals surface area contributed by atoms with Crippen LogP contribution in [0.2, 0.25) is 0 Å². The van der Waals surface area contributed by atoms with Gasteiger partial charge in [0.15, 0.2) is 0 Å². The van der Waals surface area contributed by atoms with E-state index < -0.39 is 0 Å². The molecule has 106 valence electrons. The number of amides is 1. The molecule has 2 rings (SSSR count). The van der Waals surface area contributed by atoms with Gasteiger partial charge in [0.1, 0.15) is 5.75 Å². The highest BCUT2D eigenvalue weighted by molar-refractivity contribution is 7.11. The monoisotopic (exact) mass is 291 g/mol. The van der Waals surface area contributed by atoms with E-state index in [-0.39, 0.29) is 5.91 Å². The third kappa shape index (κ3) is 3.71. The highest BCUT2D eigenvalue weighted by Gasteiger charge is 2.06. The third-order valence-electron chi connectivity index (χ3n) is 2.65. The molecule has 0 spiro atoms. The van der Waals surface area contributed by atoms with Crippen molar-refractivity contribution in [3.05, 3.63) is 34.3 Å². The number of nitrogens with one attached hydrogen (secondary N) is 2. The zero-order valence-electron chi connectivity index (χ0n) is 11.7. The summed E-state index contributed by atoms with van der Waals surface area (Å²) in [6.07, 6.45) is 1.87. The molecule has 0 bridgehead atoms. The van der Waals surface area contributed by atoms with Crippen LogP contribution in [0, 0.1) is 6.92 Å². The van der Waals surface area contributed by atoms with Crippen LogP contribution in [-0.4, -0.2) is 18.0 Å². The van der Waals surface area contributed by atoms with Crippen LogP contribution < -0.4 is 15.4 Å². The van der Waals surface area contributed by atoms with Crippen molar-refractivity contribution in [2.24, 2.45) is 0 Å². The number of benzene rings is 1. The highest BCUT2D eigenvalue weighted by atomic mass is 32.1. The molecule has 1 heterocycles. The van der Waals surface area contributed by atoms with E-state index in [2.05, 4.69) is 15.6 Å². The number of carbonyl (C=O) groups excluding carboxylic acids is 1. The number of rotatable bonds is 5. The van der Waals surface area contributed by atoms with Crippen LogP contribution in [-0.2, 0) is 11.3 Å². The summed E-state index contributed by atoms with van der Waals surface area (Å²) in [6, 6.07) is 5.58. The molecule has 0 aliphatic heterocycles. The molecule has 0 fully saturated rings. The summed E-state index contributed by atoms with van der Waals surface area (Å²) < 4.78 is 5.28. The van der Waals surface area contributed by atoms with E-state index in [0.29, 0.717) is 18.0 Å². The maximum Gasteiger partial charge on any atom is 0.221 e. The molecule has 6 heteroatoms. The minimum atomic E-state index is -0.121. The van der Waals surface area contributed by atoms with Crippen molar-refractivity contribution < 1.29 is 9.53 Å². The second-order valence-electron chi connectivity index (χ2n) is 4.30. The van der Waals surface area contributed by atoms with Crippen molar-refractivity contribution in [3.63, 3.8) is 0 Å². The summed E-state index contributed by atoms with van der Waals surface area (Å²) >= 11 is 1.67. The number of nitrogens with zero attached hydrogens (tertiary/aromatic N) is 1. The van der Waals surface area contributed by atoms with Crippen LogP contribution in [0.5, 0.6) is 5.75 Å². The fourth-order valence-corrected chi connectivity index (χ4v) is 2.50. The summed E-state index contributed by atoms with van der Waals surface area (Å²) in [5, 5.41) is 7.09. The zero-order valence-corrected chi connectivity index (χ0v) is 12.5. The Bertz CT molecular complexity index is 610. The second-order valence-corrected chi connectivity index (χ2v) is 5.61. The number of methoxy groups -OCH3 is 1. The fourth-order valence-electron chi connectivity index (χ4n) is 1.77. The summed E-state index contributed by atoms with van der Waals surface area (Å²) in [7, 11) is 1.58. The third-order valence-corrected chi connectivity index (χ3v) is 3.56. The SMILES string of the molecule is COc1cc(NCc2cnc(C)s2)ccc1NC(C)=O. The lowest BCUT2D eigenvalue weighted by Gasteiger charge is -2.11. The quantitative estimate of drug-likeness (QED) is 0.889. The standard InChI is InChI=1S/C14H17N3O2S/c1-9(18)17-13-5-4-11(6-14(13)19-3)16-8-12-7-15-10(2)20-12/h4-7,16H,8H2,1-3H3,(H,17,18). The molecule has 0 saturated carbocycles. The van der Waals surface area contributed by atoms with E-state index in [1.807, 2.05) is 31.3 Å². The van der Waals surface area contributed by atoms with Gasteiger partial charge in [-0.15, -0.1) is 11.3 Å². The Balaban J connectivity index is 2.07. The lowest BCUT2D eigenvalue weighted by atomic mass is 10.2. The summed E-state index contributed by atoms with van der Waals surface area (Å²) in [5.74, 6) is 0.509. The Labute approximate surface area is 122 Å². The molecule has 1 aromatic carbocycles. The van der Waals surface area contributed by atoms with E-state index in [0.717, 1.165) is 10.7 Å². The molecule has 0 aliphatic rings. The van der Waals surface area contributed by atoms with Gasteiger partial charge in [-0.25, -0.2) is 4.98 Å². The van der Waals surface area contributed by atoms with Crippen molar-refractivity contribution >= 4 is 28.6 Å². The Kier molecular flexibility index (Phi) is 4.57. The number of hydrogen-bond acceptors (Lipinski definition) is 5. The van der Waals surface area contributed by atoms with E-state index in [1.165, 1.54) is 11.8 Å². The first kappa shape index (κ1) is 14.3. The fraction of sp³-hybridized carbons (Fsp3) is 0.286. The molecule has 2 aromatic rings. The first-order valence-electron chi connectivity index (χ1n) is 6.19. The first-order valence-corrected chi connectivity index (χ1v) is 7.01. The Morgan fingerprint density at radius 3 is 2.85 bits per heavy atom. The van der Waals surface area contributed by atoms with Gasteiger partial charge in [-0.05, 0) is 19.1 Å². The molecule has 20 heavy (non-hydrogen) atoms. The van der Waals surface area contributed by atoms with Gasteiger partial charge in [0.05, 0.1) is 24.3 Å². The molecule has 0 saturated heterocycles. The maximum atomic E-state index is 11.1. The van der Waals surface area contributed by atoms with E-state index in [9.17, 15) is 4.79 Å². The number of thiazole rings is 1. The van der Waals surface area contributed by atoms with E-state index in [4.69, 9.17) is 4.74 Å². The smallest absolute Gasteiger partial charge is 0.221 e. The van der Waals surface area contributed by atoms with Gasteiger partial charge in [-0.1, -0.05) is 0 Å².